The zero-order chi connectivity index (χ0) is 10.9. The van der Waals surface area contributed by atoms with Crippen LogP contribution in [-0.4, -0.2) is 32.0 Å². The maximum Gasteiger partial charge on any atom is 0.316 e. The van der Waals surface area contributed by atoms with Gasteiger partial charge in [-0.25, -0.2) is 0 Å². The molecule has 0 saturated carbocycles. The maximum atomic E-state index is 10.5. The van der Waals surface area contributed by atoms with Gasteiger partial charge in [-0.1, -0.05) is 6.08 Å². The van der Waals surface area contributed by atoms with Crippen LogP contribution >= 0.6 is 0 Å². The number of rotatable bonds is 2. The molecule has 1 rings (SSSR count). The average Bonchev–Trinajstić information content (AvgIpc) is 2.01. The molecule has 1 aliphatic rings. The van der Waals surface area contributed by atoms with Crippen molar-refractivity contribution in [1.29, 1.82) is 0 Å². The van der Waals surface area contributed by atoms with Crippen LogP contribution in [0.25, 0.3) is 0 Å². The fraction of sp³-hybridized carbons (Fsp3) is 0.286. The number of carbonyl (C=O) groups is 1. The van der Waals surface area contributed by atoms with E-state index in [0.29, 0.717) is 6.08 Å². The van der Waals surface area contributed by atoms with Crippen LogP contribution in [0.5, 0.6) is 0 Å². The molecule has 0 aliphatic heterocycles. The van der Waals surface area contributed by atoms with Gasteiger partial charge in [0, 0.05) is 6.08 Å². The number of aliphatic hydroxyl groups is 2. The van der Waals surface area contributed by atoms with Crippen molar-refractivity contribution in [1.82, 2.24) is 0 Å². The molecule has 0 heterocycles. The summed E-state index contributed by atoms with van der Waals surface area (Å²) in [5, 5.41) is 37.1. The number of hydrogen-bond donors (Lipinski definition) is 3. The number of nitro groups is 1. The van der Waals surface area contributed by atoms with Crippen molar-refractivity contribution in [3.05, 3.63) is 34.0 Å². The standard InChI is InChI=1S/C7H7NO6/c9-6(10)5-2-1-4(8(13)14)3-7(5,11)12/h1-3,5,11-12H,(H,9,10). The van der Waals surface area contributed by atoms with E-state index in [1.807, 2.05) is 0 Å². The summed E-state index contributed by atoms with van der Waals surface area (Å²) in [6, 6.07) is 0. The topological polar surface area (TPSA) is 121 Å². The van der Waals surface area contributed by atoms with Crippen molar-refractivity contribution in [2.45, 2.75) is 5.79 Å². The average molecular weight is 201 g/mol. The molecule has 7 heteroatoms. The lowest BCUT2D eigenvalue weighted by Gasteiger charge is -2.24. The Hall–Kier alpha value is -1.73. The molecule has 0 aromatic carbocycles. The SMILES string of the molecule is O=C(O)C1C=CC([N+](=O)[O-])=CC1(O)O. The predicted octanol–water partition coefficient (Wildman–Crippen LogP) is -0.901. The van der Waals surface area contributed by atoms with E-state index in [0.717, 1.165) is 12.2 Å². The quantitative estimate of drug-likeness (QED) is 0.302. The van der Waals surface area contributed by atoms with Gasteiger partial charge in [0.1, 0.15) is 5.92 Å². The third-order valence-electron chi connectivity index (χ3n) is 1.75. The first-order chi connectivity index (χ1) is 6.34. The Labute approximate surface area is 77.7 Å². The van der Waals surface area contributed by atoms with Gasteiger partial charge in [0.15, 0.2) is 0 Å². The van der Waals surface area contributed by atoms with E-state index in [1.54, 1.807) is 0 Å². The van der Waals surface area contributed by atoms with Crippen molar-refractivity contribution in [2.24, 2.45) is 5.92 Å². The molecule has 76 valence electrons. The van der Waals surface area contributed by atoms with Crippen LogP contribution in [0.15, 0.2) is 23.9 Å². The summed E-state index contributed by atoms with van der Waals surface area (Å²) in [5.74, 6) is -5.78. The highest BCUT2D eigenvalue weighted by Gasteiger charge is 2.41. The molecule has 0 fully saturated rings. The minimum absolute atomic E-state index is 0.492. The number of carboxylic acid groups (broad SMARTS) is 1. The fourth-order valence-electron chi connectivity index (χ4n) is 1.07. The molecule has 1 aliphatic carbocycles. The normalized spacial score (nSPS) is 24.1. The van der Waals surface area contributed by atoms with E-state index in [2.05, 4.69) is 0 Å². The van der Waals surface area contributed by atoms with Crippen LogP contribution < -0.4 is 0 Å². The maximum absolute atomic E-state index is 10.5. The van der Waals surface area contributed by atoms with Crippen LogP contribution in [0.3, 0.4) is 0 Å². The zero-order valence-corrected chi connectivity index (χ0v) is 6.82. The number of nitrogens with zero attached hydrogens (tertiary/aromatic N) is 1. The first-order valence-electron chi connectivity index (χ1n) is 3.57. The number of carboxylic acids is 1. The van der Waals surface area contributed by atoms with Gasteiger partial charge >= 0.3 is 5.97 Å². The zero-order valence-electron chi connectivity index (χ0n) is 6.82. The molecule has 0 aromatic heterocycles. The van der Waals surface area contributed by atoms with E-state index in [4.69, 9.17) is 15.3 Å². The van der Waals surface area contributed by atoms with Crippen molar-refractivity contribution in [3.8, 4) is 0 Å². The number of allylic oxidation sites excluding steroid dienone is 1. The second kappa shape index (κ2) is 3.20. The van der Waals surface area contributed by atoms with E-state index < -0.39 is 28.3 Å². The van der Waals surface area contributed by atoms with Gasteiger partial charge in [0.05, 0.1) is 11.0 Å². The van der Waals surface area contributed by atoms with Crippen LogP contribution in [0.1, 0.15) is 0 Å². The molecule has 3 N–H and O–H groups in total. The predicted molar refractivity (Wildman–Crippen MR) is 42.5 cm³/mol. The highest BCUT2D eigenvalue weighted by molar-refractivity contribution is 5.74. The highest BCUT2D eigenvalue weighted by atomic mass is 16.6. The monoisotopic (exact) mass is 201 g/mol. The Balaban J connectivity index is 3.04. The third-order valence-corrected chi connectivity index (χ3v) is 1.75. The van der Waals surface area contributed by atoms with Crippen molar-refractivity contribution in [2.75, 3.05) is 0 Å². The van der Waals surface area contributed by atoms with Crippen molar-refractivity contribution < 1.29 is 25.0 Å². The summed E-state index contributed by atoms with van der Waals surface area (Å²) in [6.45, 7) is 0. The summed E-state index contributed by atoms with van der Waals surface area (Å²) >= 11 is 0. The molecule has 1 atom stereocenters. The lowest BCUT2D eigenvalue weighted by atomic mass is 9.93. The van der Waals surface area contributed by atoms with Crippen molar-refractivity contribution in [3.63, 3.8) is 0 Å². The van der Waals surface area contributed by atoms with Crippen molar-refractivity contribution >= 4 is 5.97 Å². The molecule has 0 saturated heterocycles. The van der Waals surface area contributed by atoms with Gasteiger partial charge in [-0.3, -0.25) is 14.9 Å². The molecular weight excluding hydrogens is 194 g/mol. The summed E-state index contributed by atoms with van der Waals surface area (Å²) < 4.78 is 0. The van der Waals surface area contributed by atoms with E-state index in [-0.39, 0.29) is 0 Å². The molecule has 0 bridgehead atoms. The molecule has 0 aromatic rings. The minimum atomic E-state index is -2.72. The van der Waals surface area contributed by atoms with Crippen LogP contribution in [0.4, 0.5) is 0 Å². The van der Waals surface area contributed by atoms with Gasteiger partial charge in [-0.05, 0) is 0 Å². The van der Waals surface area contributed by atoms with Gasteiger partial charge in [0.25, 0.3) is 5.70 Å². The van der Waals surface area contributed by atoms with E-state index >= 15 is 0 Å². The lowest BCUT2D eigenvalue weighted by molar-refractivity contribution is -0.421. The Morgan fingerprint density at radius 2 is 2.14 bits per heavy atom. The summed E-state index contributed by atoms with van der Waals surface area (Å²) in [6.07, 6.45) is 2.27. The number of hydrogen-bond acceptors (Lipinski definition) is 5. The van der Waals surface area contributed by atoms with Crippen LogP contribution in [-0.2, 0) is 4.79 Å². The second-order valence-corrected chi connectivity index (χ2v) is 2.78. The van der Waals surface area contributed by atoms with Gasteiger partial charge in [0.2, 0.25) is 5.79 Å². The number of aliphatic carboxylic acids is 1. The molecule has 7 nitrogen and oxygen atoms in total. The Morgan fingerprint density at radius 1 is 1.57 bits per heavy atom. The summed E-state index contributed by atoms with van der Waals surface area (Å²) in [4.78, 5) is 19.9. The Morgan fingerprint density at radius 3 is 2.50 bits per heavy atom. The van der Waals surface area contributed by atoms with E-state index in [1.165, 1.54) is 0 Å². The van der Waals surface area contributed by atoms with Crippen LogP contribution in [0, 0.1) is 16.0 Å². The molecular formula is C7H7NO6. The molecule has 0 amide bonds. The summed E-state index contributed by atoms with van der Waals surface area (Å²) in [5.41, 5.74) is -0.549. The first kappa shape index (κ1) is 10.4. The van der Waals surface area contributed by atoms with Gasteiger partial charge in [-0.15, -0.1) is 0 Å². The Bertz CT molecular complexity index is 342. The largest absolute Gasteiger partial charge is 0.481 e. The minimum Gasteiger partial charge on any atom is -0.481 e. The Kier molecular flexibility index (Phi) is 2.37. The van der Waals surface area contributed by atoms with Crippen LogP contribution in [0.2, 0.25) is 0 Å². The third kappa shape index (κ3) is 1.78. The smallest absolute Gasteiger partial charge is 0.316 e. The summed E-state index contributed by atoms with van der Waals surface area (Å²) in [7, 11) is 0. The first-order valence-corrected chi connectivity index (χ1v) is 3.57. The second-order valence-electron chi connectivity index (χ2n) is 2.78. The molecule has 14 heavy (non-hydrogen) atoms. The molecule has 1 unspecified atom stereocenters. The fourth-order valence-corrected chi connectivity index (χ4v) is 1.07. The molecule has 0 spiro atoms. The van der Waals surface area contributed by atoms with Gasteiger partial charge in [-0.2, -0.15) is 0 Å². The van der Waals surface area contributed by atoms with E-state index in [9.17, 15) is 14.9 Å². The molecule has 0 radical (unpaired) electrons. The lowest BCUT2D eigenvalue weighted by Crippen LogP contribution is -2.41. The highest BCUT2D eigenvalue weighted by Crippen LogP contribution is 2.25. The van der Waals surface area contributed by atoms with Gasteiger partial charge < -0.3 is 15.3 Å².